The molecule has 0 aromatic carbocycles. The van der Waals surface area contributed by atoms with E-state index in [1.165, 1.54) is 0 Å². The molecular weight excluding hydrogens is 453 g/mol. The van der Waals surface area contributed by atoms with Gasteiger partial charge in [0.25, 0.3) is 5.91 Å². The fourth-order valence-corrected chi connectivity index (χ4v) is 5.00. The number of nitrogens with zero attached hydrogens (tertiary/aromatic N) is 3. The van der Waals surface area contributed by atoms with Crippen molar-refractivity contribution in [3.05, 3.63) is 60.2 Å². The minimum Gasteiger partial charge on any atom is -0.397 e. The highest BCUT2D eigenvalue weighted by Gasteiger charge is 2.37. The topological polar surface area (TPSA) is 123 Å². The van der Waals surface area contributed by atoms with E-state index in [4.69, 9.17) is 10.5 Å². The highest BCUT2D eigenvalue weighted by atomic mass is 16.5. The van der Waals surface area contributed by atoms with Crippen LogP contribution < -0.4 is 16.5 Å². The summed E-state index contributed by atoms with van der Waals surface area (Å²) in [6, 6.07) is 9.18. The summed E-state index contributed by atoms with van der Waals surface area (Å²) in [5.41, 5.74) is 10.2. The number of carbonyl (C=O) groups is 1. The van der Waals surface area contributed by atoms with Gasteiger partial charge >= 0.3 is 0 Å². The van der Waals surface area contributed by atoms with E-state index in [0.29, 0.717) is 17.8 Å². The summed E-state index contributed by atoms with van der Waals surface area (Å²) >= 11 is 0. The van der Waals surface area contributed by atoms with E-state index in [1.54, 1.807) is 30.7 Å². The van der Waals surface area contributed by atoms with E-state index in [9.17, 15) is 9.90 Å². The van der Waals surface area contributed by atoms with Gasteiger partial charge in [0.05, 0.1) is 47.3 Å². The number of amides is 1. The third kappa shape index (κ3) is 5.27. The molecule has 4 unspecified atom stereocenters. The molecule has 188 valence electrons. The molecule has 4 rings (SSSR count). The van der Waals surface area contributed by atoms with Crippen LogP contribution in [0.2, 0.25) is 13.6 Å². The predicted molar refractivity (Wildman–Crippen MR) is 143 cm³/mol. The Hall–Kier alpha value is -3.30. The van der Waals surface area contributed by atoms with Gasteiger partial charge in [-0.1, -0.05) is 39.0 Å². The molecule has 1 amide bonds. The summed E-state index contributed by atoms with van der Waals surface area (Å²) in [6.45, 7) is 8.55. The minimum absolute atomic E-state index is 0.0528. The molecule has 0 spiro atoms. The summed E-state index contributed by atoms with van der Waals surface area (Å²) in [5.74, 6) is -0.347. The van der Waals surface area contributed by atoms with Crippen LogP contribution in [0.3, 0.4) is 0 Å². The van der Waals surface area contributed by atoms with E-state index in [0.717, 1.165) is 29.6 Å². The molecular formula is C27H34BN5O3. The van der Waals surface area contributed by atoms with Crippen LogP contribution in [0.5, 0.6) is 0 Å². The van der Waals surface area contributed by atoms with Crippen LogP contribution in [-0.4, -0.2) is 44.9 Å². The first-order valence-corrected chi connectivity index (χ1v) is 12.6. The van der Waals surface area contributed by atoms with Crippen LogP contribution in [-0.2, 0) is 4.74 Å². The second-order valence-corrected chi connectivity index (χ2v) is 9.59. The van der Waals surface area contributed by atoms with Gasteiger partial charge in [0.15, 0.2) is 12.4 Å². The van der Waals surface area contributed by atoms with Crippen LogP contribution in [0.1, 0.15) is 55.3 Å². The summed E-state index contributed by atoms with van der Waals surface area (Å²) in [6.07, 6.45) is 6.19. The Morgan fingerprint density at radius 1 is 1.19 bits per heavy atom. The Morgan fingerprint density at radius 2 is 2.00 bits per heavy atom. The zero-order valence-corrected chi connectivity index (χ0v) is 21.3. The van der Waals surface area contributed by atoms with Gasteiger partial charge in [0.2, 0.25) is 0 Å². The predicted octanol–water partition coefficient (Wildman–Crippen LogP) is 3.96. The van der Waals surface area contributed by atoms with E-state index in [1.807, 2.05) is 18.2 Å². The summed E-state index contributed by atoms with van der Waals surface area (Å²) in [4.78, 5) is 26.7. The lowest BCUT2D eigenvalue weighted by Gasteiger charge is -2.40. The standard InChI is InChI=1S/C27H34BN5O3/c1-5-16-22(34)14-24(36-23(16)6-2)17-11-13-30-15-21(17)33-27(35)26-19(29)9-10-20(32-26)25-18(28(3)4)8-7-12-31-25/h7-13,15-16,22-24,34H,5-6,14,29H2,1-4H3,(H,33,35). The van der Waals surface area contributed by atoms with Gasteiger partial charge in [-0.2, -0.15) is 0 Å². The average molecular weight is 487 g/mol. The molecule has 0 radical (unpaired) electrons. The maximum atomic E-state index is 13.4. The smallest absolute Gasteiger partial charge is 0.276 e. The van der Waals surface area contributed by atoms with Crippen molar-refractivity contribution >= 4 is 29.5 Å². The van der Waals surface area contributed by atoms with E-state index in [-0.39, 0.29) is 36.2 Å². The zero-order valence-electron chi connectivity index (χ0n) is 21.3. The lowest BCUT2D eigenvalue weighted by atomic mass is 9.49. The molecule has 1 saturated heterocycles. The van der Waals surface area contributed by atoms with Gasteiger partial charge in [-0.3, -0.25) is 14.8 Å². The number of aliphatic hydroxyl groups excluding tert-OH is 1. The van der Waals surface area contributed by atoms with Crippen LogP contribution >= 0.6 is 0 Å². The monoisotopic (exact) mass is 487 g/mol. The number of rotatable bonds is 7. The van der Waals surface area contributed by atoms with Gasteiger partial charge in [-0.05, 0) is 37.1 Å². The maximum Gasteiger partial charge on any atom is 0.276 e. The van der Waals surface area contributed by atoms with E-state index >= 15 is 0 Å². The second kappa shape index (κ2) is 11.2. The molecule has 3 aromatic heterocycles. The fourth-order valence-electron chi connectivity index (χ4n) is 5.00. The fraction of sp³-hybridized carbons (Fsp3) is 0.407. The van der Waals surface area contributed by atoms with Crippen molar-refractivity contribution in [3.8, 4) is 11.4 Å². The molecule has 1 aliphatic heterocycles. The lowest BCUT2D eigenvalue weighted by Crippen LogP contribution is -2.40. The molecule has 1 fully saturated rings. The van der Waals surface area contributed by atoms with Gasteiger partial charge in [0, 0.05) is 30.3 Å². The number of pyridine rings is 3. The van der Waals surface area contributed by atoms with Crippen LogP contribution in [0.4, 0.5) is 11.4 Å². The molecule has 9 heteroatoms. The van der Waals surface area contributed by atoms with Crippen molar-refractivity contribution in [1.82, 2.24) is 15.0 Å². The Morgan fingerprint density at radius 3 is 2.72 bits per heavy atom. The number of nitrogen functional groups attached to an aromatic ring is 1. The van der Waals surface area contributed by atoms with Crippen molar-refractivity contribution in [2.24, 2.45) is 5.92 Å². The molecule has 4 N–H and O–H groups in total. The maximum absolute atomic E-state index is 13.4. The number of hydrogen-bond donors (Lipinski definition) is 3. The van der Waals surface area contributed by atoms with Gasteiger partial charge in [-0.25, -0.2) is 4.98 Å². The van der Waals surface area contributed by atoms with E-state index in [2.05, 4.69) is 47.8 Å². The van der Waals surface area contributed by atoms with Crippen LogP contribution in [0.25, 0.3) is 11.4 Å². The Labute approximate surface area is 212 Å². The zero-order chi connectivity index (χ0) is 25.8. The lowest BCUT2D eigenvalue weighted by molar-refractivity contribution is -0.139. The number of nitrogens with one attached hydrogen (secondary N) is 1. The Kier molecular flexibility index (Phi) is 8.01. The molecule has 1 aliphatic rings. The number of nitrogens with two attached hydrogens (primary N) is 1. The third-order valence-electron chi connectivity index (χ3n) is 6.94. The largest absolute Gasteiger partial charge is 0.397 e. The quantitative estimate of drug-likeness (QED) is 0.431. The Bertz CT molecular complexity index is 1220. The van der Waals surface area contributed by atoms with Crippen molar-refractivity contribution in [3.63, 3.8) is 0 Å². The average Bonchev–Trinajstić information content (AvgIpc) is 2.88. The highest BCUT2D eigenvalue weighted by molar-refractivity contribution is 6.72. The van der Waals surface area contributed by atoms with Crippen molar-refractivity contribution < 1.29 is 14.6 Å². The molecule has 3 aromatic rings. The molecule has 4 heterocycles. The number of ether oxygens (including phenoxy) is 1. The number of aromatic nitrogens is 3. The number of anilines is 2. The molecule has 4 atom stereocenters. The van der Waals surface area contributed by atoms with Crippen LogP contribution in [0, 0.1) is 5.92 Å². The summed E-state index contributed by atoms with van der Waals surface area (Å²) < 4.78 is 6.37. The molecule has 8 nitrogen and oxygen atoms in total. The molecule has 0 saturated carbocycles. The molecule has 36 heavy (non-hydrogen) atoms. The normalized spacial score (nSPS) is 21.7. The van der Waals surface area contributed by atoms with Gasteiger partial charge in [0.1, 0.15) is 0 Å². The SMILES string of the molecule is CCC1OC(c2ccncc2NC(=O)c2nc(-c3ncccc3B(C)C)ccc2N)CC(O)C1CC. The number of carbonyl (C=O) groups excluding carboxylic acids is 1. The first-order chi connectivity index (χ1) is 17.3. The van der Waals surface area contributed by atoms with Gasteiger partial charge in [-0.15, -0.1) is 0 Å². The van der Waals surface area contributed by atoms with E-state index < -0.39 is 12.0 Å². The first kappa shape index (κ1) is 25.8. The second-order valence-electron chi connectivity index (χ2n) is 9.59. The number of aliphatic hydroxyl groups is 1. The number of hydrogen-bond acceptors (Lipinski definition) is 7. The van der Waals surface area contributed by atoms with Crippen molar-refractivity contribution in [2.45, 2.75) is 65.1 Å². The minimum atomic E-state index is -0.474. The summed E-state index contributed by atoms with van der Waals surface area (Å²) in [5, 5.41) is 13.7. The Balaban J connectivity index is 1.62. The summed E-state index contributed by atoms with van der Waals surface area (Å²) in [7, 11) is 0. The molecule has 0 bridgehead atoms. The van der Waals surface area contributed by atoms with Crippen molar-refractivity contribution in [2.75, 3.05) is 11.1 Å². The first-order valence-electron chi connectivity index (χ1n) is 12.6. The van der Waals surface area contributed by atoms with Crippen molar-refractivity contribution in [1.29, 1.82) is 0 Å². The highest BCUT2D eigenvalue weighted by Crippen LogP contribution is 2.39. The van der Waals surface area contributed by atoms with Crippen LogP contribution in [0.15, 0.2) is 48.9 Å². The van der Waals surface area contributed by atoms with Gasteiger partial charge < -0.3 is 20.9 Å². The molecule has 0 aliphatic carbocycles. The third-order valence-corrected chi connectivity index (χ3v) is 6.94.